The van der Waals surface area contributed by atoms with Crippen LogP contribution in [0.2, 0.25) is 0 Å². The van der Waals surface area contributed by atoms with Crippen LogP contribution in [0.1, 0.15) is 33.6 Å². The second-order valence-electron chi connectivity index (χ2n) is 4.12. The summed E-state index contributed by atoms with van der Waals surface area (Å²) < 4.78 is 1.17. The Balaban J connectivity index is 3.79. The lowest BCUT2D eigenvalue weighted by molar-refractivity contribution is -0.891. The van der Waals surface area contributed by atoms with Crippen molar-refractivity contribution in [1.82, 2.24) is 0 Å². The van der Waals surface area contributed by atoms with E-state index in [4.69, 9.17) is 0 Å². The lowest BCUT2D eigenvalue weighted by atomic mass is 10.0. The van der Waals surface area contributed by atoms with Crippen LogP contribution in [-0.4, -0.2) is 31.7 Å². The molecule has 0 aromatic carbocycles. The molecule has 0 saturated carbocycles. The molecule has 1 nitrogen and oxygen atoms in total. The lowest BCUT2D eigenvalue weighted by Gasteiger charge is -2.31. The fraction of sp³-hybridized carbons (Fsp3) is 1.00. The van der Waals surface area contributed by atoms with Crippen LogP contribution in [0.25, 0.3) is 0 Å². The highest BCUT2D eigenvalue weighted by Gasteiger charge is 2.17. The zero-order chi connectivity index (χ0) is 8.91. The van der Waals surface area contributed by atoms with Crippen molar-refractivity contribution < 1.29 is 4.48 Å². The zero-order valence-corrected chi connectivity index (χ0v) is 8.85. The molecule has 0 radical (unpaired) electrons. The van der Waals surface area contributed by atoms with Gasteiger partial charge in [-0.05, 0) is 19.8 Å². The van der Waals surface area contributed by atoms with Crippen LogP contribution in [0, 0.1) is 5.92 Å². The van der Waals surface area contributed by atoms with E-state index in [1.807, 2.05) is 0 Å². The molecule has 0 aliphatic rings. The monoisotopic (exact) mass is 158 g/mol. The number of hydrogen-bond donors (Lipinski definition) is 0. The summed E-state index contributed by atoms with van der Waals surface area (Å²) in [6, 6.07) is 0. The molecule has 0 atom stereocenters. The maximum absolute atomic E-state index is 2.32. The Labute approximate surface area is 72.0 Å². The molecule has 0 aliphatic carbocycles. The average Bonchev–Trinajstić information content (AvgIpc) is 2.00. The van der Waals surface area contributed by atoms with Gasteiger partial charge in [0, 0.05) is 5.92 Å². The van der Waals surface area contributed by atoms with E-state index in [1.54, 1.807) is 0 Å². The Hall–Kier alpha value is -0.0400. The van der Waals surface area contributed by atoms with E-state index >= 15 is 0 Å². The predicted molar refractivity (Wildman–Crippen MR) is 51.6 cm³/mol. The molecule has 0 fully saturated rings. The van der Waals surface area contributed by atoms with Crippen LogP contribution in [0.4, 0.5) is 0 Å². The van der Waals surface area contributed by atoms with Gasteiger partial charge >= 0.3 is 0 Å². The Kier molecular flexibility index (Phi) is 4.74. The molecule has 1 heteroatoms. The van der Waals surface area contributed by atoms with Gasteiger partial charge in [0.2, 0.25) is 0 Å². The highest BCUT2D eigenvalue weighted by Crippen LogP contribution is 2.12. The molecule has 0 spiro atoms. The molecule has 0 rings (SSSR count). The van der Waals surface area contributed by atoms with Crippen molar-refractivity contribution in [2.45, 2.75) is 33.6 Å². The van der Waals surface area contributed by atoms with E-state index in [2.05, 4.69) is 34.9 Å². The summed E-state index contributed by atoms with van der Waals surface area (Å²) >= 11 is 0. The Morgan fingerprint density at radius 3 is 1.73 bits per heavy atom. The average molecular weight is 158 g/mol. The molecule has 11 heavy (non-hydrogen) atoms. The number of quaternary nitrogens is 1. The summed E-state index contributed by atoms with van der Waals surface area (Å²) in [4.78, 5) is 0. The second-order valence-corrected chi connectivity index (χ2v) is 4.12. The van der Waals surface area contributed by atoms with Gasteiger partial charge in [-0.1, -0.05) is 13.8 Å². The number of nitrogens with zero attached hydrogens (tertiary/aromatic N) is 1. The van der Waals surface area contributed by atoms with Crippen molar-refractivity contribution in [3.05, 3.63) is 0 Å². The number of hydrogen-bond acceptors (Lipinski definition) is 0. The van der Waals surface area contributed by atoms with Gasteiger partial charge in [-0.3, -0.25) is 0 Å². The highest BCUT2D eigenvalue weighted by atomic mass is 15.3. The van der Waals surface area contributed by atoms with Crippen LogP contribution < -0.4 is 0 Å². The topological polar surface area (TPSA) is 0 Å². The van der Waals surface area contributed by atoms with Crippen molar-refractivity contribution >= 4 is 0 Å². The third kappa shape index (κ3) is 4.41. The van der Waals surface area contributed by atoms with Crippen molar-refractivity contribution in [3.8, 4) is 0 Å². The summed E-state index contributed by atoms with van der Waals surface area (Å²) in [6.45, 7) is 9.44. The lowest BCUT2D eigenvalue weighted by Crippen LogP contribution is -2.42. The minimum absolute atomic E-state index is 0.921. The quantitative estimate of drug-likeness (QED) is 0.539. The maximum atomic E-state index is 2.32. The van der Waals surface area contributed by atoms with E-state index < -0.39 is 0 Å². The van der Waals surface area contributed by atoms with Gasteiger partial charge in [0.15, 0.2) is 0 Å². The van der Waals surface area contributed by atoms with Gasteiger partial charge in [-0.2, -0.15) is 0 Å². The standard InChI is InChI=1S/C10H24N/c1-6-10(7-2)9-11(4,5)8-3/h10H,6-9H2,1-5H3/q+1. The summed E-state index contributed by atoms with van der Waals surface area (Å²) in [5, 5.41) is 0. The third-order valence-corrected chi connectivity index (χ3v) is 2.76. The van der Waals surface area contributed by atoms with Gasteiger partial charge in [0.1, 0.15) is 0 Å². The van der Waals surface area contributed by atoms with E-state index in [-0.39, 0.29) is 0 Å². The van der Waals surface area contributed by atoms with Gasteiger partial charge < -0.3 is 4.48 Å². The van der Waals surface area contributed by atoms with Crippen molar-refractivity contribution in [2.24, 2.45) is 5.92 Å². The molecule has 0 bridgehead atoms. The van der Waals surface area contributed by atoms with E-state index in [1.165, 1.54) is 30.4 Å². The van der Waals surface area contributed by atoms with Crippen LogP contribution in [0.3, 0.4) is 0 Å². The third-order valence-electron chi connectivity index (χ3n) is 2.76. The Bertz CT molecular complexity index is 93.0. The van der Waals surface area contributed by atoms with Crippen molar-refractivity contribution in [2.75, 3.05) is 27.2 Å². The van der Waals surface area contributed by atoms with Gasteiger partial charge in [0.05, 0.1) is 27.2 Å². The summed E-state index contributed by atoms with van der Waals surface area (Å²) in [5.74, 6) is 0.921. The van der Waals surface area contributed by atoms with Crippen LogP contribution in [-0.2, 0) is 0 Å². The predicted octanol–water partition coefficient (Wildman–Crippen LogP) is 2.52. The minimum Gasteiger partial charge on any atom is -0.328 e. The first-order chi connectivity index (χ1) is 5.05. The zero-order valence-electron chi connectivity index (χ0n) is 8.85. The Morgan fingerprint density at radius 1 is 1.00 bits per heavy atom. The van der Waals surface area contributed by atoms with Gasteiger partial charge in [-0.15, -0.1) is 0 Å². The number of rotatable bonds is 5. The maximum Gasteiger partial charge on any atom is 0.0810 e. The SMILES string of the molecule is CCC(CC)C[N+](C)(C)CC. The van der Waals surface area contributed by atoms with E-state index in [9.17, 15) is 0 Å². The molecule has 68 valence electrons. The molecule has 0 saturated heterocycles. The van der Waals surface area contributed by atoms with E-state index in [0.29, 0.717) is 0 Å². The van der Waals surface area contributed by atoms with Gasteiger partial charge in [0.25, 0.3) is 0 Å². The second kappa shape index (κ2) is 4.76. The molecular formula is C10H24N+. The molecule has 0 heterocycles. The molecule has 0 N–H and O–H groups in total. The van der Waals surface area contributed by atoms with Crippen LogP contribution >= 0.6 is 0 Å². The molecular weight excluding hydrogens is 134 g/mol. The first-order valence-electron chi connectivity index (χ1n) is 4.87. The summed E-state index contributed by atoms with van der Waals surface area (Å²) in [6.07, 6.45) is 2.66. The van der Waals surface area contributed by atoms with Gasteiger partial charge in [-0.25, -0.2) is 0 Å². The first-order valence-corrected chi connectivity index (χ1v) is 4.87. The van der Waals surface area contributed by atoms with Crippen LogP contribution in [0.5, 0.6) is 0 Å². The molecule has 0 aromatic heterocycles. The summed E-state index contributed by atoms with van der Waals surface area (Å²) in [5.41, 5.74) is 0. The smallest absolute Gasteiger partial charge is 0.0810 e. The molecule has 0 aliphatic heterocycles. The van der Waals surface area contributed by atoms with Crippen LogP contribution in [0.15, 0.2) is 0 Å². The summed E-state index contributed by atoms with van der Waals surface area (Å²) in [7, 11) is 4.64. The van der Waals surface area contributed by atoms with Crippen molar-refractivity contribution in [3.63, 3.8) is 0 Å². The fourth-order valence-electron chi connectivity index (χ4n) is 1.37. The Morgan fingerprint density at radius 2 is 1.45 bits per heavy atom. The molecule has 0 amide bonds. The highest BCUT2D eigenvalue weighted by molar-refractivity contribution is 4.52. The van der Waals surface area contributed by atoms with Crippen molar-refractivity contribution in [1.29, 1.82) is 0 Å². The molecule has 0 unspecified atom stereocenters. The molecule has 0 aromatic rings. The van der Waals surface area contributed by atoms with E-state index in [0.717, 1.165) is 5.92 Å². The first kappa shape index (κ1) is 11.0. The fourth-order valence-corrected chi connectivity index (χ4v) is 1.37. The largest absolute Gasteiger partial charge is 0.328 e. The minimum atomic E-state index is 0.921. The normalized spacial score (nSPS) is 12.5.